The van der Waals surface area contributed by atoms with Crippen LogP contribution in [0.15, 0.2) is 12.3 Å². The second kappa shape index (κ2) is 8.65. The van der Waals surface area contributed by atoms with E-state index in [0.717, 1.165) is 12.1 Å². The lowest BCUT2D eigenvalue weighted by atomic mass is 9.83. The standard InChI is InChI=1S/C19H32N4O/c1-16-9-11-20-23(16)14-10-19(24)21-18-8-4-3-7-17(18)15-22-12-5-2-6-13-22/h9,11,17-18H,2-8,10,12-15H2,1H3,(H,21,24)/t17-,18?/m0/s1. The Hall–Kier alpha value is -1.36. The summed E-state index contributed by atoms with van der Waals surface area (Å²) in [6, 6.07) is 2.35. The van der Waals surface area contributed by atoms with Crippen LogP contribution in [0.4, 0.5) is 0 Å². The molecule has 1 amide bonds. The summed E-state index contributed by atoms with van der Waals surface area (Å²) in [7, 11) is 0. The van der Waals surface area contributed by atoms with Crippen molar-refractivity contribution in [3.05, 3.63) is 18.0 Å². The summed E-state index contributed by atoms with van der Waals surface area (Å²) in [5.74, 6) is 0.813. The fourth-order valence-corrected chi connectivity index (χ4v) is 4.21. The molecule has 1 saturated carbocycles. The molecule has 1 N–H and O–H groups in total. The third kappa shape index (κ3) is 4.82. The molecule has 5 heteroatoms. The van der Waals surface area contributed by atoms with Crippen molar-refractivity contribution in [1.82, 2.24) is 20.0 Å². The van der Waals surface area contributed by atoms with Gasteiger partial charge in [0, 0.05) is 37.4 Å². The summed E-state index contributed by atoms with van der Waals surface area (Å²) in [5, 5.41) is 7.59. The van der Waals surface area contributed by atoms with Crippen molar-refractivity contribution in [2.24, 2.45) is 5.92 Å². The fraction of sp³-hybridized carbons (Fsp3) is 0.789. The van der Waals surface area contributed by atoms with Gasteiger partial charge in [-0.15, -0.1) is 0 Å². The Kier molecular flexibility index (Phi) is 6.30. The molecule has 1 aromatic heterocycles. The zero-order valence-electron chi connectivity index (χ0n) is 15.0. The number of carbonyl (C=O) groups is 1. The van der Waals surface area contributed by atoms with Gasteiger partial charge in [0.1, 0.15) is 0 Å². The highest BCUT2D eigenvalue weighted by atomic mass is 16.1. The number of nitrogens with zero attached hydrogens (tertiary/aromatic N) is 3. The number of hydrogen-bond acceptors (Lipinski definition) is 3. The van der Waals surface area contributed by atoms with Crippen molar-refractivity contribution in [3.8, 4) is 0 Å². The van der Waals surface area contributed by atoms with E-state index >= 15 is 0 Å². The Morgan fingerprint density at radius 1 is 1.21 bits per heavy atom. The lowest BCUT2D eigenvalue weighted by molar-refractivity contribution is -0.122. The molecule has 24 heavy (non-hydrogen) atoms. The minimum Gasteiger partial charge on any atom is -0.353 e. The van der Waals surface area contributed by atoms with Crippen LogP contribution in [0.3, 0.4) is 0 Å². The van der Waals surface area contributed by atoms with Crippen molar-refractivity contribution in [2.75, 3.05) is 19.6 Å². The Balaban J connectivity index is 1.47. The van der Waals surface area contributed by atoms with Crippen LogP contribution in [0.1, 0.15) is 57.1 Å². The fourth-order valence-electron chi connectivity index (χ4n) is 4.21. The Bertz CT molecular complexity index is 521. The summed E-state index contributed by atoms with van der Waals surface area (Å²) in [4.78, 5) is 15.0. The van der Waals surface area contributed by atoms with Gasteiger partial charge < -0.3 is 10.2 Å². The Morgan fingerprint density at radius 2 is 2.00 bits per heavy atom. The SMILES string of the molecule is Cc1ccnn1CCC(=O)NC1CCCC[C@H]1CN1CCCCC1. The zero-order chi connectivity index (χ0) is 16.8. The second-order valence-electron chi connectivity index (χ2n) is 7.53. The highest BCUT2D eigenvalue weighted by molar-refractivity contribution is 5.76. The smallest absolute Gasteiger partial charge is 0.222 e. The second-order valence-corrected chi connectivity index (χ2v) is 7.53. The van der Waals surface area contributed by atoms with Crippen LogP contribution in [0, 0.1) is 12.8 Å². The summed E-state index contributed by atoms with van der Waals surface area (Å²) < 4.78 is 1.91. The molecule has 1 unspecified atom stereocenters. The van der Waals surface area contributed by atoms with Crippen LogP contribution in [0.2, 0.25) is 0 Å². The number of nitrogens with one attached hydrogen (secondary N) is 1. The van der Waals surface area contributed by atoms with Gasteiger partial charge in [-0.2, -0.15) is 5.10 Å². The van der Waals surface area contributed by atoms with Gasteiger partial charge in [-0.05, 0) is 57.7 Å². The molecule has 1 saturated heterocycles. The number of piperidine rings is 1. The lowest BCUT2D eigenvalue weighted by Gasteiger charge is -2.37. The van der Waals surface area contributed by atoms with E-state index in [-0.39, 0.29) is 5.91 Å². The van der Waals surface area contributed by atoms with Crippen molar-refractivity contribution < 1.29 is 4.79 Å². The number of amides is 1. The monoisotopic (exact) mass is 332 g/mol. The normalized spacial score (nSPS) is 25.5. The van der Waals surface area contributed by atoms with Gasteiger partial charge in [-0.1, -0.05) is 19.3 Å². The topological polar surface area (TPSA) is 50.2 Å². The maximum absolute atomic E-state index is 12.4. The first-order valence-electron chi connectivity index (χ1n) is 9.72. The van der Waals surface area contributed by atoms with E-state index in [1.54, 1.807) is 6.20 Å². The van der Waals surface area contributed by atoms with Crippen molar-refractivity contribution in [1.29, 1.82) is 0 Å². The van der Waals surface area contributed by atoms with Crippen LogP contribution in [0.25, 0.3) is 0 Å². The number of hydrogen-bond donors (Lipinski definition) is 1. The maximum Gasteiger partial charge on any atom is 0.222 e. The number of rotatable bonds is 6. The Morgan fingerprint density at radius 3 is 2.75 bits per heavy atom. The number of likely N-dealkylation sites (tertiary alicyclic amines) is 1. The molecule has 0 radical (unpaired) electrons. The first kappa shape index (κ1) is 17.5. The first-order chi connectivity index (χ1) is 11.7. The van der Waals surface area contributed by atoms with Gasteiger partial charge in [-0.3, -0.25) is 9.48 Å². The van der Waals surface area contributed by atoms with Gasteiger partial charge in [-0.25, -0.2) is 0 Å². The summed E-state index contributed by atoms with van der Waals surface area (Å²) in [6.07, 6.45) is 11.4. The molecule has 2 fully saturated rings. The Labute approximate surface area is 145 Å². The van der Waals surface area contributed by atoms with E-state index in [0.29, 0.717) is 24.9 Å². The van der Waals surface area contributed by atoms with Crippen molar-refractivity contribution in [2.45, 2.75) is 70.9 Å². The summed E-state index contributed by atoms with van der Waals surface area (Å²) >= 11 is 0. The van der Waals surface area contributed by atoms with Crippen LogP contribution >= 0.6 is 0 Å². The first-order valence-corrected chi connectivity index (χ1v) is 9.72. The van der Waals surface area contributed by atoms with Gasteiger partial charge in [0.05, 0.1) is 0 Å². The van der Waals surface area contributed by atoms with Gasteiger partial charge in [0.15, 0.2) is 0 Å². The molecule has 2 atom stereocenters. The molecule has 5 nitrogen and oxygen atoms in total. The molecule has 0 bridgehead atoms. The quantitative estimate of drug-likeness (QED) is 0.871. The molecule has 3 rings (SSSR count). The predicted octanol–water partition coefficient (Wildman–Crippen LogP) is 2.74. The third-order valence-electron chi connectivity index (χ3n) is 5.68. The van der Waals surface area contributed by atoms with E-state index < -0.39 is 0 Å². The zero-order valence-corrected chi connectivity index (χ0v) is 15.0. The molecular formula is C19H32N4O. The predicted molar refractivity (Wildman–Crippen MR) is 95.8 cm³/mol. The average molecular weight is 332 g/mol. The third-order valence-corrected chi connectivity index (χ3v) is 5.68. The van der Waals surface area contributed by atoms with Crippen molar-refractivity contribution in [3.63, 3.8) is 0 Å². The molecule has 0 aromatic carbocycles. The maximum atomic E-state index is 12.4. The molecule has 134 valence electrons. The van der Waals surface area contributed by atoms with Crippen LogP contribution < -0.4 is 5.32 Å². The van der Waals surface area contributed by atoms with E-state index in [1.165, 1.54) is 58.2 Å². The molecule has 1 aromatic rings. The van der Waals surface area contributed by atoms with Gasteiger partial charge in [0.25, 0.3) is 0 Å². The van der Waals surface area contributed by atoms with Crippen molar-refractivity contribution >= 4 is 5.91 Å². The van der Waals surface area contributed by atoms with E-state index in [1.807, 2.05) is 17.7 Å². The van der Waals surface area contributed by atoms with Gasteiger partial charge >= 0.3 is 0 Å². The minimum absolute atomic E-state index is 0.181. The van der Waals surface area contributed by atoms with Crippen LogP contribution in [0.5, 0.6) is 0 Å². The number of carbonyl (C=O) groups excluding carboxylic acids is 1. The largest absolute Gasteiger partial charge is 0.353 e. The number of aryl methyl sites for hydroxylation is 2. The molecule has 1 aliphatic heterocycles. The molecule has 2 aliphatic rings. The van der Waals surface area contributed by atoms with E-state index in [2.05, 4.69) is 15.3 Å². The molecule has 2 heterocycles. The van der Waals surface area contributed by atoms with Crippen LogP contribution in [-0.2, 0) is 11.3 Å². The van der Waals surface area contributed by atoms with E-state index in [9.17, 15) is 4.79 Å². The molecular weight excluding hydrogens is 300 g/mol. The highest BCUT2D eigenvalue weighted by Gasteiger charge is 2.28. The summed E-state index contributed by atoms with van der Waals surface area (Å²) in [5.41, 5.74) is 1.11. The average Bonchev–Trinajstić information content (AvgIpc) is 3.01. The van der Waals surface area contributed by atoms with Crippen LogP contribution in [-0.4, -0.2) is 46.3 Å². The minimum atomic E-state index is 0.181. The lowest BCUT2D eigenvalue weighted by Crippen LogP contribution is -2.47. The highest BCUT2D eigenvalue weighted by Crippen LogP contribution is 2.26. The number of aromatic nitrogens is 2. The van der Waals surface area contributed by atoms with Gasteiger partial charge in [0.2, 0.25) is 5.91 Å². The molecule has 0 spiro atoms. The molecule has 1 aliphatic carbocycles. The van der Waals surface area contributed by atoms with E-state index in [4.69, 9.17) is 0 Å². The summed E-state index contributed by atoms with van der Waals surface area (Å²) in [6.45, 7) is 6.36.